The van der Waals surface area contributed by atoms with Gasteiger partial charge in [0.15, 0.2) is 0 Å². The predicted octanol–water partition coefficient (Wildman–Crippen LogP) is 18.7. The third-order valence-electron chi connectivity index (χ3n) is 13.5. The van der Waals surface area contributed by atoms with Crippen LogP contribution in [-0.2, 0) is 4.79 Å². The average Bonchev–Trinajstić information content (AvgIpc) is 3.28. The van der Waals surface area contributed by atoms with E-state index >= 15 is 0 Å². The number of carbonyl (C=O) groups excluding carboxylic acids is 1. The molecule has 1 amide bonds. The highest BCUT2D eigenvalue weighted by molar-refractivity contribution is 5.76. The first-order valence-corrected chi connectivity index (χ1v) is 28.5. The van der Waals surface area contributed by atoms with Crippen molar-refractivity contribution in [2.45, 2.75) is 334 Å². The summed E-state index contributed by atoms with van der Waals surface area (Å²) in [6.07, 6.45) is 71.7. The van der Waals surface area contributed by atoms with Crippen LogP contribution in [0.15, 0.2) is 24.3 Å². The molecule has 2 unspecified atom stereocenters. The lowest BCUT2D eigenvalue weighted by atomic mass is 10.0. The smallest absolute Gasteiger partial charge is 0.220 e. The van der Waals surface area contributed by atoms with Gasteiger partial charge in [0.05, 0.1) is 18.8 Å². The zero-order valence-corrected chi connectivity index (χ0v) is 42.4. The minimum atomic E-state index is -0.660. The monoisotopic (exact) mass is 872 g/mol. The molecule has 62 heavy (non-hydrogen) atoms. The Balaban J connectivity index is 3.45. The van der Waals surface area contributed by atoms with Crippen LogP contribution >= 0.6 is 0 Å². The number of aliphatic hydroxyl groups excluding tert-OH is 2. The molecule has 0 heterocycles. The van der Waals surface area contributed by atoms with E-state index in [1.807, 2.05) is 0 Å². The topological polar surface area (TPSA) is 69.6 Å². The second-order valence-corrected chi connectivity index (χ2v) is 19.7. The van der Waals surface area contributed by atoms with Gasteiger partial charge in [0.2, 0.25) is 5.91 Å². The predicted molar refractivity (Wildman–Crippen MR) is 276 cm³/mol. The minimum absolute atomic E-state index is 0.0284. The molecule has 0 aromatic heterocycles. The number of amides is 1. The van der Waals surface area contributed by atoms with Gasteiger partial charge in [0, 0.05) is 6.42 Å². The fraction of sp³-hybridized carbons (Fsp3) is 0.914. The number of unbranched alkanes of at least 4 members (excludes halogenated alkanes) is 42. The lowest BCUT2D eigenvalue weighted by molar-refractivity contribution is -0.123. The van der Waals surface area contributed by atoms with Crippen molar-refractivity contribution in [1.29, 1.82) is 0 Å². The maximum atomic E-state index is 12.5. The fourth-order valence-electron chi connectivity index (χ4n) is 9.10. The number of rotatable bonds is 53. The van der Waals surface area contributed by atoms with Gasteiger partial charge >= 0.3 is 0 Å². The Morgan fingerprint density at radius 1 is 0.387 bits per heavy atom. The molecule has 4 heteroatoms. The second kappa shape index (κ2) is 54.2. The molecule has 0 bridgehead atoms. The average molecular weight is 873 g/mol. The number of hydrogen-bond acceptors (Lipinski definition) is 3. The fourth-order valence-corrected chi connectivity index (χ4v) is 9.10. The van der Waals surface area contributed by atoms with Gasteiger partial charge in [-0.2, -0.15) is 0 Å². The van der Waals surface area contributed by atoms with Crippen molar-refractivity contribution in [3.8, 4) is 0 Å². The molecule has 0 aromatic carbocycles. The molecular formula is C58H113NO3. The summed E-state index contributed by atoms with van der Waals surface area (Å²) >= 11 is 0. The minimum Gasteiger partial charge on any atom is -0.394 e. The molecule has 368 valence electrons. The number of hydrogen-bond donors (Lipinski definition) is 3. The Labute approximate surface area is 389 Å². The first kappa shape index (κ1) is 60.9. The molecule has 0 aliphatic heterocycles. The van der Waals surface area contributed by atoms with Gasteiger partial charge in [-0.25, -0.2) is 0 Å². The van der Waals surface area contributed by atoms with Crippen LogP contribution in [0.1, 0.15) is 322 Å². The molecule has 0 spiro atoms. The molecule has 2 atom stereocenters. The van der Waals surface area contributed by atoms with Crippen LogP contribution in [0, 0.1) is 0 Å². The number of carbonyl (C=O) groups is 1. The Morgan fingerprint density at radius 3 is 0.968 bits per heavy atom. The maximum absolute atomic E-state index is 12.5. The summed E-state index contributed by atoms with van der Waals surface area (Å²) in [4.78, 5) is 12.5. The van der Waals surface area contributed by atoms with Gasteiger partial charge in [-0.15, -0.1) is 0 Å². The van der Waals surface area contributed by atoms with Crippen LogP contribution in [0.4, 0.5) is 0 Å². The third kappa shape index (κ3) is 49.9. The van der Waals surface area contributed by atoms with Gasteiger partial charge < -0.3 is 15.5 Å². The van der Waals surface area contributed by atoms with Crippen molar-refractivity contribution in [3.63, 3.8) is 0 Å². The molecule has 0 saturated carbocycles. The Morgan fingerprint density at radius 2 is 0.661 bits per heavy atom. The van der Waals surface area contributed by atoms with E-state index in [0.717, 1.165) is 32.1 Å². The van der Waals surface area contributed by atoms with Crippen molar-refractivity contribution in [2.75, 3.05) is 6.61 Å². The summed E-state index contributed by atoms with van der Waals surface area (Å²) in [5.74, 6) is -0.0284. The van der Waals surface area contributed by atoms with Gasteiger partial charge in [-0.05, 0) is 44.9 Å². The van der Waals surface area contributed by atoms with E-state index in [1.165, 1.54) is 263 Å². The summed E-state index contributed by atoms with van der Waals surface area (Å²) in [6.45, 7) is 4.39. The zero-order valence-electron chi connectivity index (χ0n) is 42.4. The van der Waals surface area contributed by atoms with Crippen LogP contribution in [0.5, 0.6) is 0 Å². The highest BCUT2D eigenvalue weighted by Crippen LogP contribution is 2.18. The van der Waals surface area contributed by atoms with E-state index < -0.39 is 12.1 Å². The van der Waals surface area contributed by atoms with E-state index in [0.29, 0.717) is 12.8 Å². The second-order valence-electron chi connectivity index (χ2n) is 19.7. The van der Waals surface area contributed by atoms with Crippen LogP contribution in [-0.4, -0.2) is 34.9 Å². The van der Waals surface area contributed by atoms with E-state index in [2.05, 4.69) is 43.5 Å². The standard InChI is InChI=1S/C58H113NO3/c1-3-5-7-9-11-13-15-17-19-21-23-25-27-28-29-30-32-34-36-38-40-42-44-46-48-50-52-54-58(62)59-56(55-60)57(61)53-51-49-47-45-43-41-39-37-35-33-31-26-24-22-20-18-16-14-12-10-8-6-4-2/h23,25,28-29,56-57,60-61H,3-22,24,26-27,30-55H2,1-2H3,(H,59,62)/b25-23-,29-28-. The largest absolute Gasteiger partial charge is 0.394 e. The van der Waals surface area contributed by atoms with Crippen molar-refractivity contribution in [2.24, 2.45) is 0 Å². The molecule has 3 N–H and O–H groups in total. The van der Waals surface area contributed by atoms with E-state index in [1.54, 1.807) is 0 Å². The van der Waals surface area contributed by atoms with Crippen LogP contribution in [0.25, 0.3) is 0 Å². The number of nitrogens with one attached hydrogen (secondary N) is 1. The molecule has 0 saturated heterocycles. The number of allylic oxidation sites excluding steroid dienone is 4. The van der Waals surface area contributed by atoms with Crippen molar-refractivity contribution in [3.05, 3.63) is 24.3 Å². The summed E-state index contributed by atoms with van der Waals surface area (Å²) in [6, 6.07) is -0.537. The van der Waals surface area contributed by atoms with E-state index in [-0.39, 0.29) is 12.5 Å². The molecule has 0 radical (unpaired) electrons. The molecule has 0 aromatic rings. The van der Waals surface area contributed by atoms with Crippen molar-refractivity contribution < 1.29 is 15.0 Å². The Hall–Kier alpha value is -1.13. The molecule has 4 nitrogen and oxygen atoms in total. The highest BCUT2D eigenvalue weighted by Gasteiger charge is 2.20. The van der Waals surface area contributed by atoms with E-state index in [4.69, 9.17) is 0 Å². The Kier molecular flexibility index (Phi) is 53.2. The zero-order chi connectivity index (χ0) is 44.9. The molecule has 0 fully saturated rings. The summed E-state index contributed by atoms with van der Waals surface area (Å²) in [5, 5.41) is 23.4. The quantitative estimate of drug-likeness (QED) is 0.0421. The molecular weight excluding hydrogens is 759 g/mol. The van der Waals surface area contributed by atoms with Crippen molar-refractivity contribution >= 4 is 5.91 Å². The van der Waals surface area contributed by atoms with Gasteiger partial charge in [0.1, 0.15) is 0 Å². The summed E-state index contributed by atoms with van der Waals surface area (Å²) in [5.41, 5.74) is 0. The van der Waals surface area contributed by atoms with Crippen LogP contribution in [0.2, 0.25) is 0 Å². The molecule has 0 aliphatic carbocycles. The molecule has 0 aliphatic rings. The van der Waals surface area contributed by atoms with Crippen LogP contribution in [0.3, 0.4) is 0 Å². The third-order valence-corrected chi connectivity index (χ3v) is 13.5. The highest BCUT2D eigenvalue weighted by atomic mass is 16.3. The van der Waals surface area contributed by atoms with Gasteiger partial charge in [0.25, 0.3) is 0 Å². The summed E-state index contributed by atoms with van der Waals surface area (Å²) < 4.78 is 0. The Bertz CT molecular complexity index is 901. The summed E-state index contributed by atoms with van der Waals surface area (Å²) in [7, 11) is 0. The first-order valence-electron chi connectivity index (χ1n) is 28.5. The lowest BCUT2D eigenvalue weighted by Gasteiger charge is -2.22. The van der Waals surface area contributed by atoms with E-state index in [9.17, 15) is 15.0 Å². The maximum Gasteiger partial charge on any atom is 0.220 e. The lowest BCUT2D eigenvalue weighted by Crippen LogP contribution is -2.45. The normalized spacial score (nSPS) is 12.9. The van der Waals surface area contributed by atoms with Gasteiger partial charge in [-0.1, -0.05) is 295 Å². The first-order chi connectivity index (χ1) is 30.7. The van der Waals surface area contributed by atoms with Crippen molar-refractivity contribution in [1.82, 2.24) is 5.32 Å². The SMILES string of the molecule is CCCCCCCCCCC/C=C\C/C=C\CCCCCCCCCCCCCC(=O)NC(CO)C(O)CCCCCCCCCCCCCCCCCCCCCCCCC. The molecule has 0 rings (SSSR count). The number of aliphatic hydroxyl groups is 2. The van der Waals surface area contributed by atoms with Crippen LogP contribution < -0.4 is 5.32 Å². The van der Waals surface area contributed by atoms with Gasteiger partial charge in [-0.3, -0.25) is 4.79 Å².